The fourth-order valence-electron chi connectivity index (χ4n) is 1.91. The molecular formula is C13H23N5O2. The Kier molecular flexibility index (Phi) is 5.54. The molecule has 1 rings (SSSR count). The lowest BCUT2D eigenvalue weighted by Crippen LogP contribution is -2.40. The van der Waals surface area contributed by atoms with E-state index in [0.29, 0.717) is 18.8 Å². The number of oxime groups is 1. The summed E-state index contributed by atoms with van der Waals surface area (Å²) in [5.74, 6) is 0.526. The lowest BCUT2D eigenvalue weighted by Gasteiger charge is -2.27. The summed E-state index contributed by atoms with van der Waals surface area (Å²) in [6.07, 6.45) is 3.67. The first-order valence-electron chi connectivity index (χ1n) is 6.68. The highest BCUT2D eigenvalue weighted by molar-refractivity contribution is 5.80. The molecule has 7 nitrogen and oxygen atoms in total. The Morgan fingerprint density at radius 3 is 2.65 bits per heavy atom. The normalized spacial score (nSPS) is 12.2. The van der Waals surface area contributed by atoms with Crippen molar-refractivity contribution in [2.24, 2.45) is 10.9 Å². The first kappa shape index (κ1) is 16.0. The van der Waals surface area contributed by atoms with Gasteiger partial charge in [-0.05, 0) is 27.7 Å². The molecule has 112 valence electrons. The molecule has 7 heteroatoms. The topological polar surface area (TPSA) is 96.7 Å². The highest BCUT2D eigenvalue weighted by Crippen LogP contribution is 2.11. The van der Waals surface area contributed by atoms with Crippen LogP contribution in [0.3, 0.4) is 0 Å². The van der Waals surface area contributed by atoms with Gasteiger partial charge in [-0.2, -0.15) is 0 Å². The molecule has 0 unspecified atom stereocenters. The quantitative estimate of drug-likeness (QED) is 0.353. The molecule has 0 aliphatic carbocycles. The van der Waals surface area contributed by atoms with E-state index in [2.05, 4.69) is 10.1 Å². The zero-order chi connectivity index (χ0) is 15.3. The molecule has 0 aliphatic rings. The molecule has 0 atom stereocenters. The SMILES string of the molecule is CC(C)N(CCC(N)=NO)c1nccn(C(C)C)c1=O. The van der Waals surface area contributed by atoms with Crippen LogP contribution in [0.15, 0.2) is 22.3 Å². The summed E-state index contributed by atoms with van der Waals surface area (Å²) in [4.78, 5) is 18.5. The third-order valence-corrected chi connectivity index (χ3v) is 3.04. The van der Waals surface area contributed by atoms with Gasteiger partial charge in [-0.15, -0.1) is 0 Å². The van der Waals surface area contributed by atoms with Crippen LogP contribution in [0.1, 0.15) is 40.2 Å². The van der Waals surface area contributed by atoms with E-state index in [9.17, 15) is 4.79 Å². The second-order valence-electron chi connectivity index (χ2n) is 5.19. The third kappa shape index (κ3) is 3.72. The van der Waals surface area contributed by atoms with E-state index < -0.39 is 0 Å². The van der Waals surface area contributed by atoms with Gasteiger partial charge in [0.1, 0.15) is 5.84 Å². The van der Waals surface area contributed by atoms with E-state index in [1.807, 2.05) is 32.6 Å². The fourth-order valence-corrected chi connectivity index (χ4v) is 1.91. The number of nitrogens with zero attached hydrogens (tertiary/aromatic N) is 4. The van der Waals surface area contributed by atoms with Crippen LogP contribution in [0.2, 0.25) is 0 Å². The Balaban J connectivity index is 3.10. The van der Waals surface area contributed by atoms with E-state index in [1.54, 1.807) is 17.0 Å². The summed E-state index contributed by atoms with van der Waals surface area (Å²) in [5, 5.41) is 11.5. The monoisotopic (exact) mass is 281 g/mol. The Morgan fingerprint density at radius 1 is 1.50 bits per heavy atom. The minimum atomic E-state index is -0.129. The Morgan fingerprint density at radius 2 is 2.15 bits per heavy atom. The van der Waals surface area contributed by atoms with Crippen LogP contribution in [0.25, 0.3) is 0 Å². The summed E-state index contributed by atoms with van der Waals surface area (Å²) in [6, 6.07) is 0.159. The first-order chi connectivity index (χ1) is 9.38. The van der Waals surface area contributed by atoms with Gasteiger partial charge < -0.3 is 20.4 Å². The molecule has 3 N–H and O–H groups in total. The van der Waals surface area contributed by atoms with Crippen LogP contribution in [0.4, 0.5) is 5.82 Å². The largest absolute Gasteiger partial charge is 0.409 e. The summed E-state index contributed by atoms with van der Waals surface area (Å²) < 4.78 is 1.64. The average Bonchev–Trinajstić information content (AvgIpc) is 2.39. The predicted octanol–water partition coefficient (Wildman–Crippen LogP) is 1.18. The molecule has 0 spiro atoms. The number of amidine groups is 1. The molecule has 0 saturated carbocycles. The van der Waals surface area contributed by atoms with Crippen LogP contribution >= 0.6 is 0 Å². The molecule has 0 radical (unpaired) electrons. The molecule has 1 aromatic rings. The number of nitrogens with two attached hydrogens (primary N) is 1. The molecule has 0 fully saturated rings. The van der Waals surface area contributed by atoms with Crippen molar-refractivity contribution in [3.63, 3.8) is 0 Å². The third-order valence-electron chi connectivity index (χ3n) is 3.04. The molecule has 0 amide bonds. The molecule has 20 heavy (non-hydrogen) atoms. The molecule has 1 heterocycles. The lowest BCUT2D eigenvalue weighted by atomic mass is 10.2. The van der Waals surface area contributed by atoms with Crippen LogP contribution in [-0.2, 0) is 0 Å². The van der Waals surface area contributed by atoms with Crippen LogP contribution in [0.5, 0.6) is 0 Å². The van der Waals surface area contributed by atoms with Crippen LogP contribution in [-0.4, -0.2) is 33.2 Å². The minimum absolute atomic E-state index is 0.0716. The second-order valence-corrected chi connectivity index (χ2v) is 5.19. The number of hydrogen-bond acceptors (Lipinski definition) is 5. The van der Waals surface area contributed by atoms with Gasteiger partial charge in [-0.25, -0.2) is 4.98 Å². The van der Waals surface area contributed by atoms with Gasteiger partial charge in [-0.1, -0.05) is 5.16 Å². The summed E-state index contributed by atoms with van der Waals surface area (Å²) in [6.45, 7) is 8.31. The van der Waals surface area contributed by atoms with Gasteiger partial charge in [0.25, 0.3) is 5.56 Å². The molecule has 0 saturated heterocycles. The number of rotatable bonds is 6. The van der Waals surface area contributed by atoms with Crippen molar-refractivity contribution in [1.82, 2.24) is 9.55 Å². The minimum Gasteiger partial charge on any atom is -0.409 e. The molecule has 0 aromatic carbocycles. The van der Waals surface area contributed by atoms with E-state index in [-0.39, 0.29) is 23.5 Å². The van der Waals surface area contributed by atoms with Gasteiger partial charge in [0.15, 0.2) is 5.82 Å². The fraction of sp³-hybridized carbons (Fsp3) is 0.615. The molecule has 1 aromatic heterocycles. The van der Waals surface area contributed by atoms with Gasteiger partial charge in [0, 0.05) is 37.4 Å². The van der Waals surface area contributed by atoms with Crippen molar-refractivity contribution < 1.29 is 5.21 Å². The van der Waals surface area contributed by atoms with E-state index in [1.165, 1.54) is 0 Å². The van der Waals surface area contributed by atoms with E-state index in [0.717, 1.165) is 0 Å². The Bertz CT molecular complexity index is 522. The Hall–Kier alpha value is -2.05. The number of aromatic nitrogens is 2. The molecule has 0 aliphatic heterocycles. The van der Waals surface area contributed by atoms with Crippen LogP contribution < -0.4 is 16.2 Å². The molecule has 0 bridgehead atoms. The maximum absolute atomic E-state index is 12.4. The second kappa shape index (κ2) is 6.93. The summed E-state index contributed by atoms with van der Waals surface area (Å²) in [5.41, 5.74) is 5.36. The first-order valence-corrected chi connectivity index (χ1v) is 6.68. The van der Waals surface area contributed by atoms with Crippen molar-refractivity contribution >= 4 is 11.7 Å². The van der Waals surface area contributed by atoms with Crippen molar-refractivity contribution in [2.45, 2.75) is 46.2 Å². The maximum Gasteiger partial charge on any atom is 0.293 e. The highest BCUT2D eigenvalue weighted by atomic mass is 16.4. The summed E-state index contributed by atoms with van der Waals surface area (Å²) >= 11 is 0. The summed E-state index contributed by atoms with van der Waals surface area (Å²) in [7, 11) is 0. The van der Waals surface area contributed by atoms with Gasteiger partial charge >= 0.3 is 0 Å². The zero-order valence-electron chi connectivity index (χ0n) is 12.4. The highest BCUT2D eigenvalue weighted by Gasteiger charge is 2.17. The maximum atomic E-state index is 12.4. The number of anilines is 1. The van der Waals surface area contributed by atoms with Crippen molar-refractivity contribution in [2.75, 3.05) is 11.4 Å². The van der Waals surface area contributed by atoms with E-state index in [4.69, 9.17) is 10.9 Å². The number of hydrogen-bond donors (Lipinski definition) is 2. The Labute approximate surface area is 118 Å². The van der Waals surface area contributed by atoms with Crippen molar-refractivity contribution in [3.8, 4) is 0 Å². The van der Waals surface area contributed by atoms with E-state index >= 15 is 0 Å². The van der Waals surface area contributed by atoms with Gasteiger partial charge in [0.2, 0.25) is 0 Å². The van der Waals surface area contributed by atoms with Gasteiger partial charge in [-0.3, -0.25) is 4.79 Å². The smallest absolute Gasteiger partial charge is 0.293 e. The average molecular weight is 281 g/mol. The zero-order valence-corrected chi connectivity index (χ0v) is 12.4. The van der Waals surface area contributed by atoms with Crippen LogP contribution in [0, 0.1) is 0 Å². The van der Waals surface area contributed by atoms with Gasteiger partial charge in [0.05, 0.1) is 0 Å². The predicted molar refractivity (Wildman–Crippen MR) is 79.4 cm³/mol. The molecular weight excluding hydrogens is 258 g/mol. The standard InChI is InChI=1S/C13H23N5O2/c1-9(2)17(7-5-11(14)16-20)12-13(19)18(10(3)4)8-6-15-12/h6,8-10,20H,5,7H2,1-4H3,(H2,14,16). The van der Waals surface area contributed by atoms with Crippen molar-refractivity contribution in [1.29, 1.82) is 0 Å². The van der Waals surface area contributed by atoms with Crippen molar-refractivity contribution in [3.05, 3.63) is 22.7 Å². The lowest BCUT2D eigenvalue weighted by molar-refractivity contribution is 0.317.